The van der Waals surface area contributed by atoms with Crippen molar-refractivity contribution in [3.63, 3.8) is 0 Å². The summed E-state index contributed by atoms with van der Waals surface area (Å²) >= 11 is 0. The fraction of sp³-hybridized carbons (Fsp3) is 0.571. The van der Waals surface area contributed by atoms with E-state index in [9.17, 15) is 0 Å². The molecule has 0 bridgehead atoms. The van der Waals surface area contributed by atoms with E-state index in [1.54, 1.807) is 0 Å². The maximum Gasteiger partial charge on any atom is 0.142 e. The van der Waals surface area contributed by atoms with Crippen LogP contribution in [0.3, 0.4) is 0 Å². The highest BCUT2D eigenvalue weighted by Gasteiger charge is 2.07. The first-order valence-electron chi connectivity index (χ1n) is 6.25. The lowest BCUT2D eigenvalue weighted by atomic mass is 10.2. The molecule has 1 N–H and O–H groups in total. The van der Waals surface area contributed by atoms with Crippen molar-refractivity contribution in [1.82, 2.24) is 0 Å². The molecule has 1 aromatic carbocycles. The Morgan fingerprint density at radius 2 is 2.00 bits per heavy atom. The van der Waals surface area contributed by atoms with E-state index in [-0.39, 0.29) is 6.04 Å². The zero-order valence-electron chi connectivity index (χ0n) is 11.2. The largest absolute Gasteiger partial charge is 0.492 e. The van der Waals surface area contributed by atoms with Crippen molar-refractivity contribution in [1.29, 1.82) is 0 Å². The Labute approximate surface area is 104 Å². The van der Waals surface area contributed by atoms with Gasteiger partial charge in [0, 0.05) is 12.6 Å². The van der Waals surface area contributed by atoms with Crippen molar-refractivity contribution in [2.24, 2.45) is 0 Å². The zero-order chi connectivity index (χ0) is 12.7. The van der Waals surface area contributed by atoms with Crippen LogP contribution in [0.5, 0.6) is 5.75 Å². The van der Waals surface area contributed by atoms with E-state index in [0.29, 0.717) is 13.2 Å². The molecule has 3 heteroatoms. The van der Waals surface area contributed by atoms with Crippen molar-refractivity contribution in [2.75, 3.05) is 25.1 Å². The molecule has 0 fully saturated rings. The topological polar surface area (TPSA) is 30.5 Å². The number of rotatable bonds is 7. The molecular formula is C14H23NO2. The Balaban J connectivity index is 2.68. The number of anilines is 1. The summed E-state index contributed by atoms with van der Waals surface area (Å²) < 4.78 is 11.0. The van der Waals surface area contributed by atoms with Crippen LogP contribution in [-0.2, 0) is 4.74 Å². The summed E-state index contributed by atoms with van der Waals surface area (Å²) in [6.07, 6.45) is 0. The van der Waals surface area contributed by atoms with Gasteiger partial charge in [0.15, 0.2) is 0 Å². The van der Waals surface area contributed by atoms with Crippen LogP contribution in [0.4, 0.5) is 5.69 Å². The van der Waals surface area contributed by atoms with E-state index >= 15 is 0 Å². The van der Waals surface area contributed by atoms with Crippen molar-refractivity contribution < 1.29 is 9.47 Å². The molecule has 0 aliphatic heterocycles. The quantitative estimate of drug-likeness (QED) is 0.789. The molecular weight excluding hydrogens is 214 g/mol. The third kappa shape index (κ3) is 4.65. The summed E-state index contributed by atoms with van der Waals surface area (Å²) in [4.78, 5) is 0. The summed E-state index contributed by atoms with van der Waals surface area (Å²) in [5.74, 6) is 0.913. The van der Waals surface area contributed by atoms with Gasteiger partial charge in [-0.25, -0.2) is 0 Å². The van der Waals surface area contributed by atoms with Gasteiger partial charge in [0.1, 0.15) is 5.75 Å². The highest BCUT2D eigenvalue weighted by molar-refractivity contribution is 5.58. The summed E-state index contributed by atoms with van der Waals surface area (Å²) in [7, 11) is 0. The average molecular weight is 237 g/mol. The molecule has 0 spiro atoms. The van der Waals surface area contributed by atoms with Crippen molar-refractivity contribution in [2.45, 2.75) is 33.7 Å². The molecule has 3 nitrogen and oxygen atoms in total. The van der Waals surface area contributed by atoms with Gasteiger partial charge in [-0.3, -0.25) is 0 Å². The van der Waals surface area contributed by atoms with Crippen LogP contribution in [0.15, 0.2) is 18.2 Å². The Hall–Kier alpha value is -1.22. The fourth-order valence-corrected chi connectivity index (χ4v) is 1.63. The first kappa shape index (κ1) is 13.8. The van der Waals surface area contributed by atoms with Gasteiger partial charge in [0.2, 0.25) is 0 Å². The van der Waals surface area contributed by atoms with Gasteiger partial charge in [-0.15, -0.1) is 0 Å². The minimum Gasteiger partial charge on any atom is -0.492 e. The van der Waals surface area contributed by atoms with Crippen LogP contribution in [0.1, 0.15) is 26.3 Å². The molecule has 0 aromatic heterocycles. The Morgan fingerprint density at radius 3 is 2.65 bits per heavy atom. The molecule has 0 aliphatic rings. The molecule has 0 amide bonds. The molecule has 1 aromatic rings. The lowest BCUT2D eigenvalue weighted by molar-refractivity contribution is 0.141. The monoisotopic (exact) mass is 237 g/mol. The Morgan fingerprint density at radius 1 is 1.24 bits per heavy atom. The van der Waals surface area contributed by atoms with Crippen LogP contribution in [0.25, 0.3) is 0 Å². The van der Waals surface area contributed by atoms with Gasteiger partial charge in [0.25, 0.3) is 0 Å². The maximum absolute atomic E-state index is 5.62. The highest BCUT2D eigenvalue weighted by Crippen LogP contribution is 2.26. The van der Waals surface area contributed by atoms with Gasteiger partial charge in [0.05, 0.1) is 18.9 Å². The lowest BCUT2D eigenvalue weighted by Gasteiger charge is -2.18. The molecule has 0 aliphatic carbocycles. The first-order valence-corrected chi connectivity index (χ1v) is 6.25. The number of benzene rings is 1. The number of hydrogen-bond donors (Lipinski definition) is 1. The summed E-state index contributed by atoms with van der Waals surface area (Å²) in [6, 6.07) is 6.47. The summed E-state index contributed by atoms with van der Waals surface area (Å²) in [6.45, 7) is 10.3. The number of hydrogen-bond acceptors (Lipinski definition) is 3. The SMILES string of the molecule is CCOCC(C)Nc1ccc(C)cc1OCC. The third-order valence-electron chi connectivity index (χ3n) is 2.41. The third-order valence-corrected chi connectivity index (χ3v) is 2.41. The van der Waals surface area contributed by atoms with Gasteiger partial charge < -0.3 is 14.8 Å². The van der Waals surface area contributed by atoms with Crippen LogP contribution >= 0.6 is 0 Å². The highest BCUT2D eigenvalue weighted by atomic mass is 16.5. The van der Waals surface area contributed by atoms with Crippen molar-refractivity contribution in [3.05, 3.63) is 23.8 Å². The Bertz CT molecular complexity index is 339. The van der Waals surface area contributed by atoms with E-state index in [4.69, 9.17) is 9.47 Å². The van der Waals surface area contributed by atoms with Crippen LogP contribution in [0, 0.1) is 6.92 Å². The molecule has 0 radical (unpaired) electrons. The smallest absolute Gasteiger partial charge is 0.142 e. The molecule has 17 heavy (non-hydrogen) atoms. The number of nitrogens with one attached hydrogen (secondary N) is 1. The summed E-state index contributed by atoms with van der Waals surface area (Å²) in [5.41, 5.74) is 2.24. The normalized spacial score (nSPS) is 12.2. The van der Waals surface area contributed by atoms with Crippen LogP contribution in [-0.4, -0.2) is 25.9 Å². The lowest BCUT2D eigenvalue weighted by Crippen LogP contribution is -2.22. The number of ether oxygens (including phenoxy) is 2. The Kier molecular flexibility index (Phi) is 5.84. The second-order valence-electron chi connectivity index (χ2n) is 4.14. The molecule has 0 saturated carbocycles. The van der Waals surface area contributed by atoms with E-state index < -0.39 is 0 Å². The van der Waals surface area contributed by atoms with E-state index in [0.717, 1.165) is 18.0 Å². The molecule has 1 rings (SSSR count). The minimum atomic E-state index is 0.275. The number of aryl methyl sites for hydroxylation is 1. The van der Waals surface area contributed by atoms with Crippen molar-refractivity contribution in [3.8, 4) is 5.75 Å². The van der Waals surface area contributed by atoms with Crippen LogP contribution < -0.4 is 10.1 Å². The summed E-state index contributed by atoms with van der Waals surface area (Å²) in [5, 5.41) is 3.41. The van der Waals surface area contributed by atoms with E-state index in [1.165, 1.54) is 5.56 Å². The van der Waals surface area contributed by atoms with Crippen LogP contribution in [0.2, 0.25) is 0 Å². The molecule has 96 valence electrons. The fourth-order valence-electron chi connectivity index (χ4n) is 1.63. The first-order chi connectivity index (χ1) is 8.17. The minimum absolute atomic E-state index is 0.275. The maximum atomic E-state index is 5.62. The van der Waals surface area contributed by atoms with Gasteiger partial charge in [-0.2, -0.15) is 0 Å². The van der Waals surface area contributed by atoms with Crippen molar-refractivity contribution >= 4 is 5.69 Å². The van der Waals surface area contributed by atoms with Gasteiger partial charge in [-0.05, 0) is 45.4 Å². The second kappa shape index (κ2) is 7.17. The zero-order valence-corrected chi connectivity index (χ0v) is 11.2. The standard InChI is InChI=1S/C14H23NO2/c1-5-16-10-12(4)15-13-8-7-11(3)9-14(13)17-6-2/h7-9,12,15H,5-6,10H2,1-4H3. The average Bonchev–Trinajstić information content (AvgIpc) is 2.30. The predicted octanol–water partition coefficient (Wildman–Crippen LogP) is 3.23. The van der Waals surface area contributed by atoms with Gasteiger partial charge >= 0.3 is 0 Å². The molecule has 1 unspecified atom stereocenters. The van der Waals surface area contributed by atoms with E-state index in [1.807, 2.05) is 13.8 Å². The van der Waals surface area contributed by atoms with Gasteiger partial charge in [-0.1, -0.05) is 6.07 Å². The molecule has 0 heterocycles. The molecule has 1 atom stereocenters. The van der Waals surface area contributed by atoms with E-state index in [2.05, 4.69) is 37.4 Å². The predicted molar refractivity (Wildman–Crippen MR) is 71.9 cm³/mol. The second-order valence-corrected chi connectivity index (χ2v) is 4.14. The molecule has 0 saturated heterocycles.